The van der Waals surface area contributed by atoms with Gasteiger partial charge in [-0.3, -0.25) is 0 Å². The number of fused-ring (bicyclic) bond motifs is 1. The van der Waals surface area contributed by atoms with Crippen LogP contribution in [0.15, 0.2) is 36.4 Å². The van der Waals surface area contributed by atoms with Gasteiger partial charge >= 0.3 is 0 Å². The van der Waals surface area contributed by atoms with Gasteiger partial charge in [0.25, 0.3) is 0 Å². The Morgan fingerprint density at radius 1 is 1.19 bits per heavy atom. The number of hydrogen-bond acceptors (Lipinski definition) is 3. The van der Waals surface area contributed by atoms with Crippen LogP contribution in [0.4, 0.5) is 14.5 Å². The number of benzene rings is 2. The number of ether oxygens (including phenoxy) is 1. The van der Waals surface area contributed by atoms with E-state index >= 15 is 0 Å². The van der Waals surface area contributed by atoms with Gasteiger partial charge in [0.15, 0.2) is 23.0 Å². The van der Waals surface area contributed by atoms with Crippen molar-refractivity contribution in [2.24, 2.45) is 5.92 Å². The third-order valence-electron chi connectivity index (χ3n) is 4.71. The third kappa shape index (κ3) is 3.11. The summed E-state index contributed by atoms with van der Waals surface area (Å²) in [5, 5.41) is 0. The predicted molar refractivity (Wildman–Crippen MR) is 96.9 cm³/mol. The maximum Gasteiger partial charge on any atom is 0.168 e. The van der Waals surface area contributed by atoms with Crippen molar-refractivity contribution in [3.63, 3.8) is 0 Å². The molecule has 0 amide bonds. The quantitative estimate of drug-likeness (QED) is 0.678. The van der Waals surface area contributed by atoms with Crippen LogP contribution < -0.4 is 10.5 Å². The average Bonchev–Trinajstić information content (AvgIpc) is 3.31. The molecular formula is C20H21F2N3O. The summed E-state index contributed by atoms with van der Waals surface area (Å²) >= 11 is 0. The minimum absolute atomic E-state index is 0.000872. The molecule has 4 rings (SSSR count). The highest BCUT2D eigenvalue weighted by atomic mass is 19.1. The lowest BCUT2D eigenvalue weighted by atomic mass is 10.1. The molecule has 0 unspecified atom stereocenters. The molecule has 4 nitrogen and oxygen atoms in total. The van der Waals surface area contributed by atoms with Crippen LogP contribution in [0.25, 0.3) is 11.0 Å². The summed E-state index contributed by atoms with van der Waals surface area (Å²) in [5.74, 6) is -0.0343. The topological polar surface area (TPSA) is 53.1 Å². The lowest BCUT2D eigenvalue weighted by Crippen LogP contribution is -2.30. The average molecular weight is 357 g/mol. The zero-order chi connectivity index (χ0) is 18.5. The van der Waals surface area contributed by atoms with Crippen LogP contribution in [0.1, 0.15) is 32.5 Å². The van der Waals surface area contributed by atoms with Gasteiger partial charge in [0, 0.05) is 18.3 Å². The van der Waals surface area contributed by atoms with Crippen LogP contribution in [0.3, 0.4) is 0 Å². The summed E-state index contributed by atoms with van der Waals surface area (Å²) in [7, 11) is 0. The molecular weight excluding hydrogens is 336 g/mol. The minimum atomic E-state index is -0.901. The first-order chi connectivity index (χ1) is 12.3. The highest BCUT2D eigenvalue weighted by Crippen LogP contribution is 2.36. The van der Waals surface area contributed by atoms with Crippen molar-refractivity contribution in [2.45, 2.75) is 38.8 Å². The highest BCUT2D eigenvalue weighted by Gasteiger charge is 2.33. The Balaban J connectivity index is 1.77. The molecule has 2 aromatic carbocycles. The van der Waals surface area contributed by atoms with Crippen LogP contribution in [0, 0.1) is 17.6 Å². The van der Waals surface area contributed by atoms with Gasteiger partial charge in [0.2, 0.25) is 0 Å². The van der Waals surface area contributed by atoms with Crippen LogP contribution in [-0.2, 0) is 12.1 Å². The standard InChI is InChI=1S/C20H21F2N3O/c1-20(2,26-18-8-5-13(21)9-15(18)22)19-24-16-10-14(23)6-7-17(16)25(19)11-12-3-4-12/h5-10,12H,3-4,11,23H2,1-2H3. The van der Waals surface area contributed by atoms with E-state index in [4.69, 9.17) is 15.5 Å². The van der Waals surface area contributed by atoms with Gasteiger partial charge in [-0.1, -0.05) is 0 Å². The van der Waals surface area contributed by atoms with Crippen molar-refractivity contribution in [1.29, 1.82) is 0 Å². The van der Waals surface area contributed by atoms with E-state index in [0.717, 1.165) is 23.6 Å². The molecule has 0 radical (unpaired) electrons. The number of nitrogen functional groups attached to an aromatic ring is 1. The van der Waals surface area contributed by atoms with E-state index in [2.05, 4.69) is 4.57 Å². The Hall–Kier alpha value is -2.63. The van der Waals surface area contributed by atoms with Crippen molar-refractivity contribution in [2.75, 3.05) is 5.73 Å². The minimum Gasteiger partial charge on any atom is -0.477 e. The molecule has 1 aromatic heterocycles. The SMILES string of the molecule is CC(C)(Oc1ccc(F)cc1F)c1nc2cc(N)ccc2n1CC1CC1. The predicted octanol–water partition coefficient (Wildman–Crippen LogP) is 4.62. The molecule has 1 aliphatic carbocycles. The first-order valence-electron chi connectivity index (χ1n) is 8.74. The fourth-order valence-corrected chi connectivity index (χ4v) is 3.23. The number of imidazole rings is 1. The fourth-order valence-electron chi connectivity index (χ4n) is 3.23. The van der Waals surface area contributed by atoms with Crippen molar-refractivity contribution in [1.82, 2.24) is 9.55 Å². The highest BCUT2D eigenvalue weighted by molar-refractivity contribution is 5.80. The van der Waals surface area contributed by atoms with Crippen LogP contribution in [-0.4, -0.2) is 9.55 Å². The Morgan fingerprint density at radius 2 is 1.96 bits per heavy atom. The second-order valence-corrected chi connectivity index (χ2v) is 7.42. The summed E-state index contributed by atoms with van der Waals surface area (Å²) in [6.45, 7) is 4.52. The molecule has 0 saturated heterocycles. The molecule has 26 heavy (non-hydrogen) atoms. The number of aromatic nitrogens is 2. The number of nitrogens with two attached hydrogens (primary N) is 1. The molecule has 0 atom stereocenters. The normalized spacial score (nSPS) is 14.8. The van der Waals surface area contributed by atoms with E-state index in [1.54, 1.807) is 0 Å². The summed E-state index contributed by atoms with van der Waals surface area (Å²) < 4.78 is 35.3. The molecule has 1 saturated carbocycles. The van der Waals surface area contributed by atoms with Gasteiger partial charge in [0.05, 0.1) is 11.0 Å². The Labute approximate surface area is 150 Å². The molecule has 1 aliphatic rings. The van der Waals surface area contributed by atoms with Crippen molar-refractivity contribution in [3.05, 3.63) is 53.9 Å². The number of nitrogens with zero attached hydrogens (tertiary/aromatic N) is 2. The smallest absolute Gasteiger partial charge is 0.168 e. The van der Waals surface area contributed by atoms with Crippen LogP contribution >= 0.6 is 0 Å². The van der Waals surface area contributed by atoms with Gasteiger partial charge in [0.1, 0.15) is 5.82 Å². The molecule has 6 heteroatoms. The zero-order valence-electron chi connectivity index (χ0n) is 14.8. The molecule has 1 fully saturated rings. The van der Waals surface area contributed by atoms with E-state index < -0.39 is 17.2 Å². The number of halogens is 2. The molecule has 0 spiro atoms. The maximum absolute atomic E-state index is 14.1. The lowest BCUT2D eigenvalue weighted by Gasteiger charge is -2.27. The Bertz CT molecular complexity index is 977. The molecule has 1 heterocycles. The molecule has 2 N–H and O–H groups in total. The summed E-state index contributed by atoms with van der Waals surface area (Å²) in [5.41, 5.74) is 7.41. The Kier molecular flexibility index (Phi) is 3.86. The van der Waals surface area contributed by atoms with Gasteiger partial charge in [-0.05, 0) is 62.9 Å². The van der Waals surface area contributed by atoms with Gasteiger partial charge in [-0.15, -0.1) is 0 Å². The fraction of sp³-hybridized carbons (Fsp3) is 0.350. The number of hydrogen-bond donors (Lipinski definition) is 1. The van der Waals surface area contributed by atoms with E-state index in [1.807, 2.05) is 32.0 Å². The number of rotatable bonds is 5. The number of anilines is 1. The molecule has 0 bridgehead atoms. The monoisotopic (exact) mass is 357 g/mol. The second kappa shape index (κ2) is 5.97. The first-order valence-corrected chi connectivity index (χ1v) is 8.74. The maximum atomic E-state index is 14.1. The second-order valence-electron chi connectivity index (χ2n) is 7.42. The van der Waals surface area contributed by atoms with E-state index in [-0.39, 0.29) is 5.75 Å². The molecule has 3 aromatic rings. The lowest BCUT2D eigenvalue weighted by molar-refractivity contribution is 0.0886. The third-order valence-corrected chi connectivity index (χ3v) is 4.71. The first kappa shape index (κ1) is 16.8. The van der Waals surface area contributed by atoms with E-state index in [9.17, 15) is 8.78 Å². The molecule has 0 aliphatic heterocycles. The summed E-state index contributed by atoms with van der Waals surface area (Å²) in [6, 6.07) is 8.94. The molecule has 136 valence electrons. The summed E-state index contributed by atoms with van der Waals surface area (Å²) in [6.07, 6.45) is 2.39. The van der Waals surface area contributed by atoms with Crippen molar-refractivity contribution in [3.8, 4) is 5.75 Å². The van der Waals surface area contributed by atoms with Gasteiger partial charge in [-0.2, -0.15) is 0 Å². The van der Waals surface area contributed by atoms with Crippen LogP contribution in [0.2, 0.25) is 0 Å². The Morgan fingerprint density at radius 3 is 2.65 bits per heavy atom. The van der Waals surface area contributed by atoms with Gasteiger partial charge < -0.3 is 15.0 Å². The van der Waals surface area contributed by atoms with E-state index in [0.29, 0.717) is 17.4 Å². The largest absolute Gasteiger partial charge is 0.477 e. The van der Waals surface area contributed by atoms with Crippen LogP contribution in [0.5, 0.6) is 5.75 Å². The van der Waals surface area contributed by atoms with Crippen molar-refractivity contribution < 1.29 is 13.5 Å². The van der Waals surface area contributed by atoms with Crippen molar-refractivity contribution >= 4 is 16.7 Å². The van der Waals surface area contributed by atoms with E-state index in [1.165, 1.54) is 25.0 Å². The zero-order valence-corrected chi connectivity index (χ0v) is 14.8. The van der Waals surface area contributed by atoms with Gasteiger partial charge in [-0.25, -0.2) is 13.8 Å². The summed E-state index contributed by atoms with van der Waals surface area (Å²) in [4.78, 5) is 4.73.